The molecule has 0 spiro atoms. The van der Waals surface area contributed by atoms with E-state index in [0.717, 1.165) is 6.07 Å². The fourth-order valence-electron chi connectivity index (χ4n) is 1.74. The van der Waals surface area contributed by atoms with Gasteiger partial charge < -0.3 is 10.4 Å². The average Bonchev–Trinajstić information content (AvgIpc) is 2.29. The summed E-state index contributed by atoms with van der Waals surface area (Å²) in [5.41, 5.74) is 0.694. The molecule has 0 saturated carbocycles. The zero-order valence-corrected chi connectivity index (χ0v) is 10.4. The third-order valence-corrected chi connectivity index (χ3v) is 2.71. The van der Waals surface area contributed by atoms with Gasteiger partial charge in [-0.2, -0.15) is 0 Å². The lowest BCUT2D eigenvalue weighted by Gasteiger charge is -2.26. The fraction of sp³-hybridized carbons (Fsp3) is 0.538. The molecule has 4 heteroatoms. The molecule has 1 aromatic rings. The number of hydrogen-bond acceptors (Lipinski definition) is 2. The third kappa shape index (κ3) is 3.75. The molecule has 0 saturated heterocycles. The van der Waals surface area contributed by atoms with Crippen molar-refractivity contribution in [2.45, 2.75) is 32.9 Å². The van der Waals surface area contributed by atoms with Crippen molar-refractivity contribution in [1.29, 1.82) is 0 Å². The zero-order valence-electron chi connectivity index (χ0n) is 10.4. The summed E-state index contributed by atoms with van der Waals surface area (Å²) in [5, 5.41) is 12.2. The molecule has 0 aliphatic carbocycles. The molecule has 1 rings (SSSR count). The average molecular weight is 243 g/mol. The molecule has 2 N–H and O–H groups in total. The molecule has 96 valence electrons. The van der Waals surface area contributed by atoms with Crippen LogP contribution < -0.4 is 5.32 Å². The van der Waals surface area contributed by atoms with Gasteiger partial charge in [-0.3, -0.25) is 0 Å². The zero-order chi connectivity index (χ0) is 13.0. The molecule has 1 aromatic carbocycles. The molecule has 0 aromatic heterocycles. The predicted molar refractivity (Wildman–Crippen MR) is 63.6 cm³/mol. The van der Waals surface area contributed by atoms with Crippen LogP contribution in [0.5, 0.6) is 0 Å². The highest BCUT2D eigenvalue weighted by atomic mass is 19.2. The van der Waals surface area contributed by atoms with Gasteiger partial charge in [0.2, 0.25) is 0 Å². The lowest BCUT2D eigenvalue weighted by molar-refractivity contribution is 0.229. The van der Waals surface area contributed by atoms with E-state index >= 15 is 0 Å². The van der Waals surface area contributed by atoms with Gasteiger partial charge in [-0.05, 0) is 30.5 Å². The van der Waals surface area contributed by atoms with Crippen molar-refractivity contribution in [3.63, 3.8) is 0 Å². The SMILES string of the molecule is CC(C)[C@H](N[C@@H](C)CO)c1ccc(F)c(F)c1. The van der Waals surface area contributed by atoms with E-state index in [1.807, 2.05) is 20.8 Å². The Morgan fingerprint density at radius 1 is 1.18 bits per heavy atom. The summed E-state index contributed by atoms with van der Waals surface area (Å²) in [6.45, 7) is 5.83. The minimum atomic E-state index is -0.841. The van der Waals surface area contributed by atoms with E-state index in [1.54, 1.807) is 6.07 Å². The topological polar surface area (TPSA) is 32.3 Å². The molecular weight excluding hydrogens is 224 g/mol. The Morgan fingerprint density at radius 2 is 1.82 bits per heavy atom. The molecule has 0 aliphatic heterocycles. The summed E-state index contributed by atoms with van der Waals surface area (Å²) in [5.74, 6) is -1.47. The van der Waals surface area contributed by atoms with E-state index in [9.17, 15) is 8.78 Å². The molecule has 2 atom stereocenters. The van der Waals surface area contributed by atoms with Gasteiger partial charge >= 0.3 is 0 Å². The quantitative estimate of drug-likeness (QED) is 0.833. The first-order chi connectivity index (χ1) is 7.95. The standard InChI is InChI=1S/C13H19F2NO/c1-8(2)13(16-9(3)7-17)10-4-5-11(14)12(15)6-10/h4-6,8-9,13,16-17H,7H2,1-3H3/t9-,13-/m0/s1. The van der Waals surface area contributed by atoms with Crippen molar-refractivity contribution >= 4 is 0 Å². The highest BCUT2D eigenvalue weighted by molar-refractivity contribution is 5.22. The fourth-order valence-corrected chi connectivity index (χ4v) is 1.74. The van der Waals surface area contributed by atoms with Crippen molar-refractivity contribution in [2.24, 2.45) is 5.92 Å². The second-order valence-corrected chi connectivity index (χ2v) is 4.65. The van der Waals surface area contributed by atoms with Crippen molar-refractivity contribution < 1.29 is 13.9 Å². The molecule has 0 fully saturated rings. The van der Waals surface area contributed by atoms with Crippen molar-refractivity contribution in [3.8, 4) is 0 Å². The molecule has 0 aliphatic rings. The van der Waals surface area contributed by atoms with Crippen LogP contribution in [0.15, 0.2) is 18.2 Å². The lowest BCUT2D eigenvalue weighted by atomic mass is 9.95. The minimum Gasteiger partial charge on any atom is -0.395 e. The third-order valence-electron chi connectivity index (χ3n) is 2.71. The summed E-state index contributed by atoms with van der Waals surface area (Å²) in [4.78, 5) is 0. The predicted octanol–water partition coefficient (Wildman–Crippen LogP) is 2.63. The van der Waals surface area contributed by atoms with Gasteiger partial charge in [-0.1, -0.05) is 19.9 Å². The molecular formula is C13H19F2NO. The molecule has 0 unspecified atom stereocenters. The molecule has 2 nitrogen and oxygen atoms in total. The molecule has 0 amide bonds. The van der Waals surface area contributed by atoms with Crippen molar-refractivity contribution in [1.82, 2.24) is 5.32 Å². The Balaban J connectivity index is 2.93. The van der Waals surface area contributed by atoms with Crippen molar-refractivity contribution in [3.05, 3.63) is 35.4 Å². The van der Waals surface area contributed by atoms with Gasteiger partial charge in [0.15, 0.2) is 11.6 Å². The summed E-state index contributed by atoms with van der Waals surface area (Å²) < 4.78 is 26.0. The van der Waals surface area contributed by atoms with Crippen LogP contribution in [-0.2, 0) is 0 Å². The number of benzene rings is 1. The Bertz CT molecular complexity index is 368. The second-order valence-electron chi connectivity index (χ2n) is 4.65. The summed E-state index contributed by atoms with van der Waals surface area (Å²) in [6.07, 6.45) is 0. The number of hydrogen-bond donors (Lipinski definition) is 2. The largest absolute Gasteiger partial charge is 0.395 e. The van der Waals surface area contributed by atoms with Crippen LogP contribution in [0.4, 0.5) is 8.78 Å². The monoisotopic (exact) mass is 243 g/mol. The van der Waals surface area contributed by atoms with Crippen LogP contribution in [-0.4, -0.2) is 17.8 Å². The van der Waals surface area contributed by atoms with Gasteiger partial charge in [-0.25, -0.2) is 8.78 Å². The number of aliphatic hydroxyl groups is 1. The summed E-state index contributed by atoms with van der Waals surface area (Å²) in [7, 11) is 0. The normalized spacial score (nSPS) is 15.0. The maximum absolute atomic E-state index is 13.2. The molecule has 17 heavy (non-hydrogen) atoms. The number of aliphatic hydroxyl groups excluding tert-OH is 1. The van der Waals surface area contributed by atoms with Crippen LogP contribution in [0.3, 0.4) is 0 Å². The maximum atomic E-state index is 13.2. The Morgan fingerprint density at radius 3 is 2.29 bits per heavy atom. The van der Waals surface area contributed by atoms with Crippen LogP contribution in [0, 0.1) is 17.6 Å². The van der Waals surface area contributed by atoms with Gasteiger partial charge in [0.05, 0.1) is 6.61 Å². The summed E-state index contributed by atoms with van der Waals surface area (Å²) in [6, 6.07) is 3.71. The van der Waals surface area contributed by atoms with Crippen LogP contribution in [0.25, 0.3) is 0 Å². The first-order valence-corrected chi connectivity index (χ1v) is 5.77. The molecule has 0 radical (unpaired) electrons. The highest BCUT2D eigenvalue weighted by Gasteiger charge is 2.18. The van der Waals surface area contributed by atoms with Gasteiger partial charge in [0.1, 0.15) is 0 Å². The first-order valence-electron chi connectivity index (χ1n) is 5.77. The van der Waals surface area contributed by atoms with Crippen LogP contribution >= 0.6 is 0 Å². The highest BCUT2D eigenvalue weighted by Crippen LogP contribution is 2.23. The maximum Gasteiger partial charge on any atom is 0.159 e. The van der Waals surface area contributed by atoms with Gasteiger partial charge in [0.25, 0.3) is 0 Å². The number of halogens is 2. The number of nitrogens with one attached hydrogen (secondary N) is 1. The second kappa shape index (κ2) is 6.07. The van der Waals surface area contributed by atoms with Crippen LogP contribution in [0.1, 0.15) is 32.4 Å². The van der Waals surface area contributed by atoms with E-state index < -0.39 is 11.6 Å². The Hall–Kier alpha value is -1.00. The van der Waals surface area contributed by atoms with E-state index in [1.165, 1.54) is 6.07 Å². The lowest BCUT2D eigenvalue weighted by Crippen LogP contribution is -2.35. The van der Waals surface area contributed by atoms with E-state index in [0.29, 0.717) is 5.56 Å². The smallest absolute Gasteiger partial charge is 0.159 e. The van der Waals surface area contributed by atoms with Crippen molar-refractivity contribution in [2.75, 3.05) is 6.61 Å². The van der Waals surface area contributed by atoms with Gasteiger partial charge in [-0.15, -0.1) is 0 Å². The van der Waals surface area contributed by atoms with E-state index in [4.69, 9.17) is 5.11 Å². The molecule has 0 bridgehead atoms. The summed E-state index contributed by atoms with van der Waals surface area (Å²) >= 11 is 0. The Kier molecular flexibility index (Phi) is 5.02. The van der Waals surface area contributed by atoms with E-state index in [-0.39, 0.29) is 24.6 Å². The van der Waals surface area contributed by atoms with Crippen LogP contribution in [0.2, 0.25) is 0 Å². The minimum absolute atomic E-state index is 0.00684. The Labute approximate surface area is 101 Å². The first kappa shape index (κ1) is 14.1. The number of rotatable bonds is 5. The van der Waals surface area contributed by atoms with E-state index in [2.05, 4.69) is 5.32 Å². The van der Waals surface area contributed by atoms with Gasteiger partial charge in [0, 0.05) is 12.1 Å². The molecule has 0 heterocycles.